The van der Waals surface area contributed by atoms with Crippen molar-refractivity contribution in [1.82, 2.24) is 9.88 Å². The molecule has 0 saturated carbocycles. The number of amides is 1. The van der Waals surface area contributed by atoms with Gasteiger partial charge in [-0.15, -0.1) is 0 Å². The molecule has 5 heteroatoms. The second kappa shape index (κ2) is 7.22. The number of benzene rings is 1. The van der Waals surface area contributed by atoms with Gasteiger partial charge in [-0.25, -0.2) is 0 Å². The summed E-state index contributed by atoms with van der Waals surface area (Å²) in [5.41, 5.74) is 0.465. The average Bonchev–Trinajstić information content (AvgIpc) is 2.55. The van der Waals surface area contributed by atoms with E-state index >= 15 is 0 Å². The zero-order valence-corrected chi connectivity index (χ0v) is 13.5. The molecule has 0 fully saturated rings. The van der Waals surface area contributed by atoms with Gasteiger partial charge in [-0.05, 0) is 19.9 Å². The molecule has 1 heterocycles. The molecule has 0 bridgehead atoms. The highest BCUT2D eigenvalue weighted by molar-refractivity contribution is 6.06. The maximum Gasteiger partial charge on any atom is 0.258 e. The number of rotatable bonds is 6. The fourth-order valence-electron chi connectivity index (χ4n) is 2.65. The van der Waals surface area contributed by atoms with Gasteiger partial charge < -0.3 is 14.8 Å². The first kappa shape index (κ1) is 16.2. The number of carbonyl (C=O) groups excluding carboxylic acids is 1. The van der Waals surface area contributed by atoms with Gasteiger partial charge in [0.05, 0.1) is 31.7 Å². The van der Waals surface area contributed by atoms with Crippen LogP contribution in [0.4, 0.5) is 0 Å². The number of pyridine rings is 1. The van der Waals surface area contributed by atoms with Crippen LogP contribution < -0.4 is 15.8 Å². The third-order valence-corrected chi connectivity index (χ3v) is 4.10. The van der Waals surface area contributed by atoms with Gasteiger partial charge in [0.2, 0.25) is 0 Å². The quantitative estimate of drug-likeness (QED) is 0.800. The smallest absolute Gasteiger partial charge is 0.258 e. The summed E-state index contributed by atoms with van der Waals surface area (Å²) in [5, 5.41) is 4.24. The first-order valence-corrected chi connectivity index (χ1v) is 7.78. The fourth-order valence-corrected chi connectivity index (χ4v) is 2.65. The van der Waals surface area contributed by atoms with Gasteiger partial charge in [0, 0.05) is 24.0 Å². The SMILES string of the molecule is CC[NH+](CC)CCNC(=O)c1cn(C)c(=O)c2ccccc12. The molecule has 0 spiro atoms. The van der Waals surface area contributed by atoms with Crippen LogP contribution in [-0.2, 0) is 7.05 Å². The highest BCUT2D eigenvalue weighted by Crippen LogP contribution is 2.14. The summed E-state index contributed by atoms with van der Waals surface area (Å²) < 4.78 is 1.47. The number of nitrogens with one attached hydrogen (secondary N) is 2. The number of quaternary nitrogens is 1. The molecule has 22 heavy (non-hydrogen) atoms. The van der Waals surface area contributed by atoms with E-state index in [-0.39, 0.29) is 11.5 Å². The highest BCUT2D eigenvalue weighted by atomic mass is 16.2. The van der Waals surface area contributed by atoms with Crippen molar-refractivity contribution in [3.63, 3.8) is 0 Å². The molecular weight excluding hydrogens is 278 g/mol. The normalized spacial score (nSPS) is 11.1. The van der Waals surface area contributed by atoms with Crippen molar-refractivity contribution in [3.05, 3.63) is 46.4 Å². The molecule has 0 atom stereocenters. The van der Waals surface area contributed by atoms with Crippen LogP contribution in [0.5, 0.6) is 0 Å². The van der Waals surface area contributed by atoms with E-state index in [9.17, 15) is 9.59 Å². The van der Waals surface area contributed by atoms with Crippen molar-refractivity contribution < 1.29 is 9.69 Å². The summed E-state index contributed by atoms with van der Waals surface area (Å²) in [6.45, 7) is 7.92. The maximum atomic E-state index is 12.4. The molecule has 0 unspecified atom stereocenters. The lowest BCUT2D eigenvalue weighted by Gasteiger charge is -2.16. The molecule has 2 aromatic rings. The lowest BCUT2D eigenvalue weighted by atomic mass is 10.1. The summed E-state index contributed by atoms with van der Waals surface area (Å²) in [6.07, 6.45) is 1.62. The molecule has 0 radical (unpaired) electrons. The lowest BCUT2D eigenvalue weighted by Crippen LogP contribution is -3.12. The van der Waals surface area contributed by atoms with Gasteiger partial charge >= 0.3 is 0 Å². The third kappa shape index (κ3) is 3.36. The Labute approximate surface area is 130 Å². The van der Waals surface area contributed by atoms with Crippen molar-refractivity contribution >= 4 is 16.7 Å². The molecule has 118 valence electrons. The van der Waals surface area contributed by atoms with Gasteiger partial charge in [-0.2, -0.15) is 0 Å². The molecular formula is C17H24N3O2+. The van der Waals surface area contributed by atoms with Gasteiger partial charge in [-0.3, -0.25) is 9.59 Å². The lowest BCUT2D eigenvalue weighted by molar-refractivity contribution is -0.895. The fraction of sp³-hybridized carbons (Fsp3) is 0.412. The summed E-state index contributed by atoms with van der Waals surface area (Å²) in [6, 6.07) is 7.24. The van der Waals surface area contributed by atoms with E-state index in [0.29, 0.717) is 22.9 Å². The minimum Gasteiger partial charge on any atom is -0.346 e. The van der Waals surface area contributed by atoms with E-state index in [1.165, 1.54) is 9.47 Å². The maximum absolute atomic E-state index is 12.4. The second-order valence-corrected chi connectivity index (χ2v) is 5.47. The number of hydrogen-bond acceptors (Lipinski definition) is 2. The van der Waals surface area contributed by atoms with E-state index in [0.717, 1.165) is 19.6 Å². The van der Waals surface area contributed by atoms with E-state index in [2.05, 4.69) is 19.2 Å². The first-order valence-electron chi connectivity index (χ1n) is 7.78. The van der Waals surface area contributed by atoms with Crippen LogP contribution in [0.25, 0.3) is 10.8 Å². The largest absolute Gasteiger partial charge is 0.346 e. The number of aromatic nitrogens is 1. The summed E-state index contributed by atoms with van der Waals surface area (Å²) >= 11 is 0. The van der Waals surface area contributed by atoms with Crippen molar-refractivity contribution in [3.8, 4) is 0 Å². The Bertz CT molecular complexity index is 717. The van der Waals surface area contributed by atoms with Crippen LogP contribution in [0, 0.1) is 0 Å². The van der Waals surface area contributed by atoms with Crippen LogP contribution >= 0.6 is 0 Å². The topological polar surface area (TPSA) is 55.5 Å². The van der Waals surface area contributed by atoms with Crippen LogP contribution in [0.15, 0.2) is 35.3 Å². The van der Waals surface area contributed by atoms with Gasteiger partial charge in [0.15, 0.2) is 0 Å². The molecule has 0 aliphatic heterocycles. The van der Waals surface area contributed by atoms with Crippen molar-refractivity contribution in [2.24, 2.45) is 7.05 Å². The minimum absolute atomic E-state index is 0.0836. The number of nitrogens with zero attached hydrogens (tertiary/aromatic N) is 1. The Kier molecular flexibility index (Phi) is 5.33. The van der Waals surface area contributed by atoms with Crippen molar-refractivity contribution in [1.29, 1.82) is 0 Å². The van der Waals surface area contributed by atoms with Crippen LogP contribution in [-0.4, -0.2) is 36.7 Å². The second-order valence-electron chi connectivity index (χ2n) is 5.47. The van der Waals surface area contributed by atoms with Gasteiger partial charge in [0.1, 0.15) is 0 Å². The molecule has 1 amide bonds. The highest BCUT2D eigenvalue weighted by Gasteiger charge is 2.13. The third-order valence-electron chi connectivity index (χ3n) is 4.10. The Balaban J connectivity index is 2.22. The van der Waals surface area contributed by atoms with Crippen LogP contribution in [0.3, 0.4) is 0 Å². The van der Waals surface area contributed by atoms with E-state index in [4.69, 9.17) is 0 Å². The average molecular weight is 302 g/mol. The molecule has 1 aromatic carbocycles. The molecule has 0 aliphatic rings. The predicted molar refractivity (Wildman–Crippen MR) is 88.4 cm³/mol. The van der Waals surface area contributed by atoms with Crippen molar-refractivity contribution in [2.45, 2.75) is 13.8 Å². The summed E-state index contributed by atoms with van der Waals surface area (Å²) in [5.74, 6) is -0.127. The first-order chi connectivity index (χ1) is 10.6. The van der Waals surface area contributed by atoms with Gasteiger partial charge in [0.25, 0.3) is 11.5 Å². The molecule has 0 saturated heterocycles. The summed E-state index contributed by atoms with van der Waals surface area (Å²) in [7, 11) is 1.67. The summed E-state index contributed by atoms with van der Waals surface area (Å²) in [4.78, 5) is 26.0. The zero-order chi connectivity index (χ0) is 16.1. The molecule has 0 aliphatic carbocycles. The molecule has 2 N–H and O–H groups in total. The van der Waals surface area contributed by atoms with E-state index < -0.39 is 0 Å². The number of hydrogen-bond donors (Lipinski definition) is 2. The molecule has 2 rings (SSSR count). The van der Waals surface area contributed by atoms with Gasteiger partial charge in [-0.1, -0.05) is 18.2 Å². The molecule has 5 nitrogen and oxygen atoms in total. The monoisotopic (exact) mass is 302 g/mol. The number of likely N-dealkylation sites (N-methyl/N-ethyl adjacent to an activating group) is 1. The van der Waals surface area contributed by atoms with Crippen LogP contribution in [0.1, 0.15) is 24.2 Å². The number of fused-ring (bicyclic) bond motifs is 1. The Morgan fingerprint density at radius 2 is 1.82 bits per heavy atom. The Hall–Kier alpha value is -2.14. The number of carbonyl (C=O) groups is 1. The van der Waals surface area contributed by atoms with E-state index in [1.807, 2.05) is 18.2 Å². The van der Waals surface area contributed by atoms with E-state index in [1.54, 1.807) is 19.3 Å². The molecule has 1 aromatic heterocycles. The predicted octanol–water partition coefficient (Wildman–Crippen LogP) is 0.193. The van der Waals surface area contributed by atoms with Crippen molar-refractivity contribution in [2.75, 3.05) is 26.2 Å². The number of aryl methyl sites for hydroxylation is 1. The Morgan fingerprint density at radius 3 is 2.45 bits per heavy atom. The zero-order valence-electron chi connectivity index (χ0n) is 13.5. The standard InChI is InChI=1S/C17H23N3O2/c1-4-20(5-2)11-10-18-16(21)15-12-19(3)17(22)14-9-7-6-8-13(14)15/h6-9,12H,4-5,10-11H2,1-3H3,(H,18,21)/p+1. The minimum atomic E-state index is -0.127. The Morgan fingerprint density at radius 1 is 1.18 bits per heavy atom. The van der Waals surface area contributed by atoms with Crippen LogP contribution in [0.2, 0.25) is 0 Å².